The van der Waals surface area contributed by atoms with E-state index in [4.69, 9.17) is 9.94 Å². The van der Waals surface area contributed by atoms with Gasteiger partial charge in [-0.1, -0.05) is 11.2 Å². The van der Waals surface area contributed by atoms with E-state index in [9.17, 15) is 0 Å². The summed E-state index contributed by atoms with van der Waals surface area (Å²) < 4.78 is 5.83. The van der Waals surface area contributed by atoms with Crippen molar-refractivity contribution < 1.29 is 9.94 Å². The fraction of sp³-hybridized carbons (Fsp3) is 0.267. The molecule has 0 saturated heterocycles. The molecule has 3 nitrogen and oxygen atoms in total. The summed E-state index contributed by atoms with van der Waals surface area (Å²) in [4.78, 5) is 0. The standard InChI is InChI=1S/C15H17NO2S/c1-11-3-4-14(12(2)16-17)15(9-11)18-7-5-13-6-8-19-10-13/h3-4,6,8-10,17H,5,7H2,1-2H3. The number of hydrogen-bond donors (Lipinski definition) is 1. The van der Waals surface area contributed by atoms with Crippen molar-refractivity contribution in [1.82, 2.24) is 0 Å². The van der Waals surface area contributed by atoms with Crippen LogP contribution in [-0.4, -0.2) is 17.5 Å². The molecule has 100 valence electrons. The molecule has 0 amide bonds. The maximum Gasteiger partial charge on any atom is 0.128 e. The van der Waals surface area contributed by atoms with Gasteiger partial charge in [-0.05, 0) is 53.9 Å². The Labute approximate surface area is 117 Å². The first-order valence-electron chi connectivity index (χ1n) is 6.14. The van der Waals surface area contributed by atoms with E-state index in [1.165, 1.54) is 5.56 Å². The van der Waals surface area contributed by atoms with Gasteiger partial charge < -0.3 is 9.94 Å². The molecule has 0 unspecified atom stereocenters. The largest absolute Gasteiger partial charge is 0.493 e. The van der Waals surface area contributed by atoms with E-state index in [0.29, 0.717) is 12.3 Å². The Morgan fingerprint density at radius 3 is 2.89 bits per heavy atom. The first-order valence-corrected chi connectivity index (χ1v) is 7.08. The quantitative estimate of drug-likeness (QED) is 0.511. The van der Waals surface area contributed by atoms with E-state index in [-0.39, 0.29) is 0 Å². The maximum atomic E-state index is 8.89. The van der Waals surface area contributed by atoms with Gasteiger partial charge >= 0.3 is 0 Å². The van der Waals surface area contributed by atoms with Crippen LogP contribution >= 0.6 is 11.3 Å². The minimum absolute atomic E-state index is 0.561. The Hall–Kier alpha value is -1.81. The Kier molecular flexibility index (Phi) is 4.58. The second kappa shape index (κ2) is 6.38. The van der Waals surface area contributed by atoms with Crippen molar-refractivity contribution in [2.45, 2.75) is 20.3 Å². The number of benzene rings is 1. The first-order chi connectivity index (χ1) is 9.20. The van der Waals surface area contributed by atoms with E-state index in [1.54, 1.807) is 18.3 Å². The molecular weight excluding hydrogens is 258 g/mol. The second-order valence-electron chi connectivity index (χ2n) is 4.42. The number of rotatable bonds is 5. The molecule has 0 radical (unpaired) electrons. The molecular formula is C15H17NO2S. The van der Waals surface area contributed by atoms with E-state index >= 15 is 0 Å². The number of oxime groups is 1. The van der Waals surface area contributed by atoms with E-state index in [2.05, 4.69) is 22.0 Å². The van der Waals surface area contributed by atoms with Gasteiger partial charge in [-0.3, -0.25) is 0 Å². The molecule has 2 rings (SSSR count). The molecule has 1 heterocycles. The van der Waals surface area contributed by atoms with Gasteiger partial charge in [0.25, 0.3) is 0 Å². The number of thiophene rings is 1. The number of nitrogens with zero attached hydrogens (tertiary/aromatic N) is 1. The van der Waals surface area contributed by atoms with Crippen molar-refractivity contribution in [3.63, 3.8) is 0 Å². The predicted molar refractivity (Wildman–Crippen MR) is 78.7 cm³/mol. The van der Waals surface area contributed by atoms with Crippen LogP contribution in [0.2, 0.25) is 0 Å². The summed E-state index contributed by atoms with van der Waals surface area (Å²) in [5, 5.41) is 16.3. The number of ether oxygens (including phenoxy) is 1. The lowest BCUT2D eigenvalue weighted by Crippen LogP contribution is -2.05. The molecule has 0 aliphatic carbocycles. The Morgan fingerprint density at radius 2 is 2.21 bits per heavy atom. The fourth-order valence-corrected chi connectivity index (χ4v) is 2.52. The van der Waals surface area contributed by atoms with Crippen molar-refractivity contribution in [1.29, 1.82) is 0 Å². The molecule has 0 fully saturated rings. The van der Waals surface area contributed by atoms with Crippen LogP contribution in [0.4, 0.5) is 0 Å². The summed E-state index contributed by atoms with van der Waals surface area (Å²) in [5.74, 6) is 0.769. The van der Waals surface area contributed by atoms with Crippen LogP contribution in [0.5, 0.6) is 5.75 Å². The maximum absolute atomic E-state index is 8.89. The molecule has 19 heavy (non-hydrogen) atoms. The molecule has 0 aliphatic rings. The van der Waals surface area contributed by atoms with Crippen LogP contribution < -0.4 is 4.74 Å². The third-order valence-electron chi connectivity index (χ3n) is 2.91. The van der Waals surface area contributed by atoms with Gasteiger partial charge in [-0.15, -0.1) is 0 Å². The van der Waals surface area contributed by atoms with Crippen LogP contribution in [0, 0.1) is 6.92 Å². The predicted octanol–water partition coefficient (Wildman–Crippen LogP) is 3.88. The second-order valence-corrected chi connectivity index (χ2v) is 5.20. The molecule has 1 aromatic carbocycles. The number of aryl methyl sites for hydroxylation is 1. The zero-order valence-electron chi connectivity index (χ0n) is 11.1. The SMILES string of the molecule is CC(=NO)c1ccc(C)cc1OCCc1ccsc1. The van der Waals surface area contributed by atoms with Crippen molar-refractivity contribution >= 4 is 17.0 Å². The lowest BCUT2D eigenvalue weighted by Gasteiger charge is -2.11. The highest BCUT2D eigenvalue weighted by Gasteiger charge is 2.08. The molecule has 0 aliphatic heterocycles. The Balaban J connectivity index is 2.08. The molecule has 0 spiro atoms. The van der Waals surface area contributed by atoms with Gasteiger partial charge in [0, 0.05) is 12.0 Å². The summed E-state index contributed by atoms with van der Waals surface area (Å²) in [5.41, 5.74) is 3.80. The molecule has 0 saturated carbocycles. The number of hydrogen-bond acceptors (Lipinski definition) is 4. The topological polar surface area (TPSA) is 41.8 Å². The average Bonchev–Trinajstić information content (AvgIpc) is 2.91. The van der Waals surface area contributed by atoms with Crippen molar-refractivity contribution in [2.24, 2.45) is 5.16 Å². The smallest absolute Gasteiger partial charge is 0.128 e. The van der Waals surface area contributed by atoms with Crippen molar-refractivity contribution in [3.05, 3.63) is 51.7 Å². The highest BCUT2D eigenvalue weighted by molar-refractivity contribution is 7.07. The van der Waals surface area contributed by atoms with Crippen LogP contribution in [0.15, 0.2) is 40.2 Å². The molecule has 2 aromatic rings. The van der Waals surface area contributed by atoms with Crippen molar-refractivity contribution in [3.8, 4) is 5.75 Å². The highest BCUT2D eigenvalue weighted by atomic mass is 32.1. The summed E-state index contributed by atoms with van der Waals surface area (Å²) in [6, 6.07) is 7.98. The molecule has 1 aromatic heterocycles. The minimum atomic E-state index is 0.561. The highest BCUT2D eigenvalue weighted by Crippen LogP contribution is 2.21. The minimum Gasteiger partial charge on any atom is -0.493 e. The lowest BCUT2D eigenvalue weighted by atomic mass is 10.1. The van der Waals surface area contributed by atoms with Gasteiger partial charge in [0.05, 0.1) is 12.3 Å². The zero-order valence-corrected chi connectivity index (χ0v) is 11.9. The summed E-state index contributed by atoms with van der Waals surface area (Å²) >= 11 is 1.69. The monoisotopic (exact) mass is 275 g/mol. The van der Waals surface area contributed by atoms with Gasteiger partial charge in [-0.2, -0.15) is 11.3 Å². The van der Waals surface area contributed by atoms with Gasteiger partial charge in [-0.25, -0.2) is 0 Å². The zero-order chi connectivity index (χ0) is 13.7. The first kappa shape index (κ1) is 13.6. The van der Waals surface area contributed by atoms with E-state index in [0.717, 1.165) is 23.3 Å². The third-order valence-corrected chi connectivity index (χ3v) is 3.64. The molecule has 4 heteroatoms. The fourth-order valence-electron chi connectivity index (χ4n) is 1.82. The Bertz CT molecular complexity index is 562. The van der Waals surface area contributed by atoms with Gasteiger partial charge in [0.2, 0.25) is 0 Å². The molecule has 0 bridgehead atoms. The Morgan fingerprint density at radius 1 is 1.37 bits per heavy atom. The average molecular weight is 275 g/mol. The lowest BCUT2D eigenvalue weighted by molar-refractivity contribution is 0.314. The summed E-state index contributed by atoms with van der Waals surface area (Å²) in [7, 11) is 0. The molecule has 0 atom stereocenters. The molecule has 1 N–H and O–H groups in total. The summed E-state index contributed by atoms with van der Waals surface area (Å²) in [6.45, 7) is 4.39. The van der Waals surface area contributed by atoms with Crippen LogP contribution in [0.25, 0.3) is 0 Å². The normalized spacial score (nSPS) is 11.6. The van der Waals surface area contributed by atoms with E-state index in [1.807, 2.05) is 25.1 Å². The van der Waals surface area contributed by atoms with Gasteiger partial charge in [0.1, 0.15) is 5.75 Å². The summed E-state index contributed by atoms with van der Waals surface area (Å²) in [6.07, 6.45) is 0.881. The van der Waals surface area contributed by atoms with Gasteiger partial charge in [0.15, 0.2) is 0 Å². The van der Waals surface area contributed by atoms with Crippen molar-refractivity contribution in [2.75, 3.05) is 6.61 Å². The van der Waals surface area contributed by atoms with Crippen LogP contribution in [0.1, 0.15) is 23.6 Å². The van der Waals surface area contributed by atoms with E-state index < -0.39 is 0 Å². The third kappa shape index (κ3) is 3.58. The van der Waals surface area contributed by atoms with Crippen LogP contribution in [-0.2, 0) is 6.42 Å². The van der Waals surface area contributed by atoms with Crippen LogP contribution in [0.3, 0.4) is 0 Å².